The van der Waals surface area contributed by atoms with E-state index in [0.29, 0.717) is 11.6 Å². The van der Waals surface area contributed by atoms with Crippen molar-refractivity contribution in [2.45, 2.75) is 6.54 Å². The molecule has 0 spiro atoms. The largest absolute Gasteiger partial charge is 0.297 e. The summed E-state index contributed by atoms with van der Waals surface area (Å²) < 4.78 is 1.79. The van der Waals surface area contributed by atoms with Gasteiger partial charge >= 0.3 is 0 Å². The SMILES string of the molecule is SN1Cc2ccc(Cl)cc2N=C1c1ccccn1. The zero-order valence-corrected chi connectivity index (χ0v) is 11.1. The van der Waals surface area contributed by atoms with Crippen molar-refractivity contribution in [3.8, 4) is 0 Å². The molecule has 3 nitrogen and oxygen atoms in total. The first kappa shape index (κ1) is 11.6. The molecule has 18 heavy (non-hydrogen) atoms. The zero-order valence-electron chi connectivity index (χ0n) is 9.42. The normalized spacial score (nSPS) is 14.1. The van der Waals surface area contributed by atoms with Gasteiger partial charge in [0.25, 0.3) is 0 Å². The van der Waals surface area contributed by atoms with Crippen molar-refractivity contribution in [2.75, 3.05) is 0 Å². The van der Waals surface area contributed by atoms with Crippen LogP contribution >= 0.6 is 24.4 Å². The van der Waals surface area contributed by atoms with Gasteiger partial charge in [0.05, 0.1) is 12.2 Å². The van der Waals surface area contributed by atoms with Gasteiger partial charge in [-0.25, -0.2) is 4.99 Å². The molecule has 0 N–H and O–H groups in total. The maximum atomic E-state index is 5.99. The Hall–Kier alpha value is -1.52. The lowest BCUT2D eigenvalue weighted by Gasteiger charge is -2.25. The predicted octanol–water partition coefficient (Wildman–Crippen LogP) is 3.47. The van der Waals surface area contributed by atoms with E-state index in [1.807, 2.05) is 36.4 Å². The molecule has 0 saturated heterocycles. The van der Waals surface area contributed by atoms with E-state index >= 15 is 0 Å². The standard InChI is InChI=1S/C13H10ClN3S/c14-10-5-4-9-8-17(18)13(16-12(9)7-10)11-3-1-2-6-15-11/h1-7,18H,8H2. The minimum Gasteiger partial charge on any atom is -0.297 e. The molecule has 1 aliphatic rings. The molecule has 0 radical (unpaired) electrons. The number of hydrogen-bond donors (Lipinski definition) is 1. The van der Waals surface area contributed by atoms with Gasteiger partial charge in [0, 0.05) is 11.2 Å². The molecule has 0 amide bonds. The Morgan fingerprint density at radius 2 is 2.11 bits per heavy atom. The molecule has 0 saturated carbocycles. The van der Waals surface area contributed by atoms with Crippen LogP contribution in [0.25, 0.3) is 0 Å². The number of halogens is 1. The lowest BCUT2D eigenvalue weighted by molar-refractivity contribution is 0.665. The van der Waals surface area contributed by atoms with Gasteiger partial charge in [-0.15, -0.1) is 0 Å². The van der Waals surface area contributed by atoms with Gasteiger partial charge in [-0.3, -0.25) is 9.29 Å². The molecule has 5 heteroatoms. The molecule has 1 aliphatic heterocycles. The van der Waals surface area contributed by atoms with Gasteiger partial charge in [-0.05, 0) is 29.8 Å². The number of nitrogens with zero attached hydrogens (tertiary/aromatic N) is 3. The van der Waals surface area contributed by atoms with Crippen LogP contribution < -0.4 is 0 Å². The second kappa shape index (κ2) is 4.63. The first-order chi connectivity index (χ1) is 8.74. The number of fused-ring (bicyclic) bond motifs is 1. The summed E-state index contributed by atoms with van der Waals surface area (Å²) in [6, 6.07) is 11.4. The van der Waals surface area contributed by atoms with Crippen LogP contribution in [0.3, 0.4) is 0 Å². The lowest BCUT2D eigenvalue weighted by atomic mass is 10.1. The number of thiol groups is 1. The molecule has 2 heterocycles. The number of amidine groups is 1. The van der Waals surface area contributed by atoms with Crippen LogP contribution in [0.15, 0.2) is 47.6 Å². The van der Waals surface area contributed by atoms with E-state index in [2.05, 4.69) is 22.8 Å². The summed E-state index contributed by atoms with van der Waals surface area (Å²) in [7, 11) is 0. The van der Waals surface area contributed by atoms with E-state index in [0.717, 1.165) is 22.8 Å². The highest BCUT2D eigenvalue weighted by Gasteiger charge is 2.19. The Balaban J connectivity index is 2.10. The van der Waals surface area contributed by atoms with Gasteiger partial charge < -0.3 is 0 Å². The molecule has 3 rings (SSSR count). The summed E-state index contributed by atoms with van der Waals surface area (Å²) in [5.41, 5.74) is 2.79. The minimum absolute atomic E-state index is 0.686. The second-order valence-corrected chi connectivity index (χ2v) is 4.90. The van der Waals surface area contributed by atoms with Crippen LogP contribution in [0.5, 0.6) is 0 Å². The van der Waals surface area contributed by atoms with Gasteiger partial charge in [0.1, 0.15) is 5.69 Å². The van der Waals surface area contributed by atoms with Crippen LogP contribution in [-0.2, 0) is 6.54 Å². The summed E-state index contributed by atoms with van der Waals surface area (Å²) in [6.45, 7) is 0.686. The van der Waals surface area contributed by atoms with Crippen molar-refractivity contribution in [2.24, 2.45) is 4.99 Å². The lowest BCUT2D eigenvalue weighted by Crippen LogP contribution is -2.26. The van der Waals surface area contributed by atoms with E-state index in [-0.39, 0.29) is 0 Å². The summed E-state index contributed by atoms with van der Waals surface area (Å²) in [5, 5.41) is 0.686. The molecule has 0 aliphatic carbocycles. The number of benzene rings is 1. The molecule has 0 atom stereocenters. The third kappa shape index (κ3) is 2.09. The van der Waals surface area contributed by atoms with Gasteiger partial charge in [0.2, 0.25) is 0 Å². The van der Waals surface area contributed by atoms with Crippen molar-refractivity contribution in [3.05, 3.63) is 58.9 Å². The molecule has 0 fully saturated rings. The van der Waals surface area contributed by atoms with Crippen LogP contribution in [0, 0.1) is 0 Å². The Bertz CT molecular complexity index is 613. The maximum absolute atomic E-state index is 5.99. The first-order valence-electron chi connectivity index (χ1n) is 5.49. The molecule has 1 aromatic carbocycles. The van der Waals surface area contributed by atoms with E-state index in [9.17, 15) is 0 Å². The molecular formula is C13H10ClN3S. The van der Waals surface area contributed by atoms with Crippen molar-refractivity contribution in [1.82, 2.24) is 9.29 Å². The average molecular weight is 276 g/mol. The third-order valence-electron chi connectivity index (χ3n) is 2.73. The highest BCUT2D eigenvalue weighted by atomic mass is 35.5. The maximum Gasteiger partial charge on any atom is 0.165 e. The number of hydrogen-bond acceptors (Lipinski definition) is 4. The number of pyridine rings is 1. The predicted molar refractivity (Wildman–Crippen MR) is 76.4 cm³/mol. The van der Waals surface area contributed by atoms with Crippen LogP contribution in [0.4, 0.5) is 5.69 Å². The van der Waals surface area contributed by atoms with Crippen LogP contribution in [0.2, 0.25) is 5.02 Å². The van der Waals surface area contributed by atoms with Crippen molar-refractivity contribution in [3.63, 3.8) is 0 Å². The number of aromatic nitrogens is 1. The Morgan fingerprint density at radius 1 is 1.22 bits per heavy atom. The fraction of sp³-hybridized carbons (Fsp3) is 0.0769. The van der Waals surface area contributed by atoms with E-state index in [4.69, 9.17) is 11.6 Å². The minimum atomic E-state index is 0.686. The number of aliphatic imine (C=N–C) groups is 1. The highest BCUT2D eigenvalue weighted by Crippen LogP contribution is 2.30. The molecular weight excluding hydrogens is 266 g/mol. The fourth-order valence-electron chi connectivity index (χ4n) is 1.87. The average Bonchev–Trinajstić information content (AvgIpc) is 2.39. The van der Waals surface area contributed by atoms with Gasteiger partial charge in [-0.2, -0.15) is 0 Å². The van der Waals surface area contributed by atoms with Crippen molar-refractivity contribution < 1.29 is 0 Å². The molecule has 2 aromatic rings. The van der Waals surface area contributed by atoms with E-state index < -0.39 is 0 Å². The van der Waals surface area contributed by atoms with E-state index in [1.54, 1.807) is 10.5 Å². The van der Waals surface area contributed by atoms with Crippen molar-refractivity contribution >= 4 is 35.9 Å². The van der Waals surface area contributed by atoms with Gasteiger partial charge in [-0.1, -0.05) is 36.5 Å². The highest BCUT2D eigenvalue weighted by molar-refractivity contribution is 7.78. The van der Waals surface area contributed by atoms with Crippen molar-refractivity contribution in [1.29, 1.82) is 0 Å². The summed E-state index contributed by atoms with van der Waals surface area (Å²) in [6.07, 6.45) is 1.74. The molecule has 0 bridgehead atoms. The number of rotatable bonds is 1. The zero-order chi connectivity index (χ0) is 12.5. The van der Waals surface area contributed by atoms with Crippen LogP contribution in [0.1, 0.15) is 11.3 Å². The summed E-state index contributed by atoms with van der Waals surface area (Å²) >= 11 is 10.4. The van der Waals surface area contributed by atoms with Gasteiger partial charge in [0.15, 0.2) is 5.84 Å². The quantitative estimate of drug-likeness (QED) is 0.807. The monoisotopic (exact) mass is 275 g/mol. The van der Waals surface area contributed by atoms with E-state index in [1.165, 1.54) is 0 Å². The fourth-order valence-corrected chi connectivity index (χ4v) is 2.33. The molecule has 1 aromatic heterocycles. The molecule has 90 valence electrons. The summed E-state index contributed by atoms with van der Waals surface area (Å²) in [5.74, 6) is 0.744. The third-order valence-corrected chi connectivity index (χ3v) is 3.30. The smallest absolute Gasteiger partial charge is 0.165 e. The second-order valence-electron chi connectivity index (χ2n) is 3.98. The van der Waals surface area contributed by atoms with Crippen LogP contribution in [-0.4, -0.2) is 15.1 Å². The Morgan fingerprint density at radius 3 is 2.89 bits per heavy atom. The first-order valence-corrected chi connectivity index (χ1v) is 6.27. The Labute approximate surface area is 116 Å². The molecule has 0 unspecified atom stereocenters. The summed E-state index contributed by atoms with van der Waals surface area (Å²) in [4.78, 5) is 8.87. The topological polar surface area (TPSA) is 28.5 Å². The Kier molecular flexibility index (Phi) is 2.97.